The number of carbonyl (C=O) groups excluding carboxylic acids is 1. The van der Waals surface area contributed by atoms with Gasteiger partial charge >= 0.3 is 5.97 Å². The number of methoxy groups -OCH3 is 1. The third-order valence-electron chi connectivity index (χ3n) is 3.76. The number of halogens is 2. The molecule has 6 nitrogen and oxygen atoms in total. The second kappa shape index (κ2) is 7.78. The number of hydrogen-bond donors (Lipinski definition) is 2. The zero-order chi connectivity index (χ0) is 20.5. The lowest BCUT2D eigenvalue weighted by molar-refractivity contribution is 0.0600. The summed E-state index contributed by atoms with van der Waals surface area (Å²) in [6.45, 7) is 0. The zero-order valence-corrected chi connectivity index (χ0v) is 16.7. The average Bonchev–Trinajstić information content (AvgIpc) is 3.19. The molecule has 0 amide bonds. The number of rotatable bonds is 5. The molecule has 0 unspecified atom stereocenters. The van der Waals surface area contributed by atoms with Crippen molar-refractivity contribution >= 4 is 44.6 Å². The molecule has 28 heavy (non-hydrogen) atoms. The highest BCUT2D eigenvalue weighted by Gasteiger charge is 2.25. The van der Waals surface area contributed by atoms with Crippen molar-refractivity contribution in [1.82, 2.24) is 0 Å². The minimum Gasteiger partial charge on any atom is -0.505 e. The average molecular weight is 442 g/mol. The van der Waals surface area contributed by atoms with E-state index in [1.165, 1.54) is 23.5 Å². The van der Waals surface area contributed by atoms with Gasteiger partial charge in [-0.3, -0.25) is 4.72 Å². The monoisotopic (exact) mass is 441 g/mol. The number of aromatic hydroxyl groups is 1. The molecule has 2 aromatic carbocycles. The first-order valence-electron chi connectivity index (χ1n) is 7.70. The van der Waals surface area contributed by atoms with E-state index in [-0.39, 0.29) is 16.3 Å². The van der Waals surface area contributed by atoms with E-state index in [1.807, 2.05) is 17.5 Å². The van der Waals surface area contributed by atoms with Gasteiger partial charge in [0.1, 0.15) is 10.7 Å². The molecule has 0 spiro atoms. The Morgan fingerprint density at radius 3 is 2.64 bits per heavy atom. The van der Waals surface area contributed by atoms with Gasteiger partial charge in [0.05, 0.1) is 23.4 Å². The van der Waals surface area contributed by atoms with Crippen LogP contribution >= 0.6 is 22.9 Å². The van der Waals surface area contributed by atoms with Crippen LogP contribution in [0.5, 0.6) is 5.75 Å². The molecular weight excluding hydrogens is 429 g/mol. The van der Waals surface area contributed by atoms with E-state index in [0.717, 1.165) is 30.2 Å². The molecule has 10 heteroatoms. The van der Waals surface area contributed by atoms with E-state index in [4.69, 9.17) is 11.6 Å². The van der Waals surface area contributed by atoms with Crippen molar-refractivity contribution in [3.8, 4) is 16.2 Å². The Bertz CT molecular complexity index is 1150. The van der Waals surface area contributed by atoms with Crippen LogP contribution in [0.15, 0.2) is 52.7 Å². The molecule has 1 heterocycles. The van der Waals surface area contributed by atoms with Gasteiger partial charge in [0.2, 0.25) is 0 Å². The lowest BCUT2D eigenvalue weighted by Crippen LogP contribution is -2.15. The van der Waals surface area contributed by atoms with Crippen LogP contribution in [0.2, 0.25) is 5.02 Å². The Hall–Kier alpha value is -2.62. The minimum absolute atomic E-state index is 0.182. The van der Waals surface area contributed by atoms with Gasteiger partial charge in [-0.25, -0.2) is 17.6 Å². The Morgan fingerprint density at radius 1 is 1.25 bits per heavy atom. The molecular formula is C18H13ClFNO5S2. The molecule has 0 fully saturated rings. The first-order valence-corrected chi connectivity index (χ1v) is 10.4. The summed E-state index contributed by atoms with van der Waals surface area (Å²) in [6, 6.07) is 9.57. The molecule has 0 radical (unpaired) electrons. The van der Waals surface area contributed by atoms with Crippen LogP contribution in [0.25, 0.3) is 10.4 Å². The second-order valence-electron chi connectivity index (χ2n) is 5.57. The molecule has 3 aromatic rings. The van der Waals surface area contributed by atoms with Gasteiger partial charge in [-0.05, 0) is 41.3 Å². The van der Waals surface area contributed by atoms with Crippen LogP contribution < -0.4 is 4.72 Å². The van der Waals surface area contributed by atoms with Crippen molar-refractivity contribution < 1.29 is 27.4 Å². The summed E-state index contributed by atoms with van der Waals surface area (Å²) in [7, 11) is -3.36. The van der Waals surface area contributed by atoms with E-state index in [9.17, 15) is 22.7 Å². The van der Waals surface area contributed by atoms with Crippen molar-refractivity contribution in [1.29, 1.82) is 0 Å². The van der Waals surface area contributed by atoms with Crippen LogP contribution in [0.3, 0.4) is 0 Å². The summed E-state index contributed by atoms with van der Waals surface area (Å²) in [5, 5.41) is 11.5. The smallest absolute Gasteiger partial charge is 0.337 e. The van der Waals surface area contributed by atoms with E-state index in [0.29, 0.717) is 5.56 Å². The van der Waals surface area contributed by atoms with E-state index >= 15 is 0 Å². The molecule has 0 aliphatic rings. The highest BCUT2D eigenvalue weighted by atomic mass is 35.5. The maximum atomic E-state index is 14.2. The number of sulfonamides is 1. The van der Waals surface area contributed by atoms with Crippen LogP contribution in [0.4, 0.5) is 10.1 Å². The Morgan fingerprint density at radius 2 is 2.00 bits per heavy atom. The summed E-state index contributed by atoms with van der Waals surface area (Å²) in [6.07, 6.45) is 0. The fourth-order valence-corrected chi connectivity index (χ4v) is 4.62. The van der Waals surface area contributed by atoms with Gasteiger partial charge in [0.15, 0.2) is 5.75 Å². The standard InChI is InChI=1S/C18H13ClFNO5S2/c1-26-18(23)11-7-12(19)17(22)16(9-11)28(24,25)21-14-8-10(4-5-13(14)20)15-3-2-6-27-15/h2-9,21-22H,1H3. The summed E-state index contributed by atoms with van der Waals surface area (Å²) in [5.74, 6) is -2.42. The number of benzene rings is 2. The van der Waals surface area contributed by atoms with Crippen LogP contribution in [0, 0.1) is 5.82 Å². The Kier molecular flexibility index (Phi) is 5.59. The number of nitrogens with one attached hydrogen (secondary N) is 1. The van der Waals surface area contributed by atoms with Gasteiger partial charge in [-0.1, -0.05) is 23.7 Å². The van der Waals surface area contributed by atoms with Crippen molar-refractivity contribution in [2.45, 2.75) is 4.90 Å². The maximum Gasteiger partial charge on any atom is 0.337 e. The number of phenols is 1. The van der Waals surface area contributed by atoms with E-state index < -0.39 is 32.5 Å². The molecule has 0 bridgehead atoms. The van der Waals surface area contributed by atoms with E-state index in [2.05, 4.69) is 9.46 Å². The van der Waals surface area contributed by atoms with Gasteiger partial charge in [0.25, 0.3) is 10.0 Å². The topological polar surface area (TPSA) is 92.7 Å². The lowest BCUT2D eigenvalue weighted by Gasteiger charge is -2.13. The van der Waals surface area contributed by atoms with Gasteiger partial charge in [0, 0.05) is 4.88 Å². The van der Waals surface area contributed by atoms with Crippen LogP contribution in [0.1, 0.15) is 10.4 Å². The number of hydrogen-bond acceptors (Lipinski definition) is 6. The molecule has 0 aliphatic carbocycles. The predicted octanol–water partition coefficient (Wildman–Crippen LogP) is 4.50. The zero-order valence-electron chi connectivity index (χ0n) is 14.3. The number of thiophene rings is 1. The van der Waals surface area contributed by atoms with Crippen molar-refractivity contribution in [3.63, 3.8) is 0 Å². The highest BCUT2D eigenvalue weighted by Crippen LogP contribution is 2.35. The molecule has 146 valence electrons. The number of phenolic OH excluding ortho intramolecular Hbond substituents is 1. The van der Waals surface area contributed by atoms with Crippen LogP contribution in [-0.4, -0.2) is 26.6 Å². The summed E-state index contributed by atoms with van der Waals surface area (Å²) >= 11 is 7.24. The van der Waals surface area contributed by atoms with Crippen molar-refractivity contribution in [2.24, 2.45) is 0 Å². The van der Waals surface area contributed by atoms with Crippen molar-refractivity contribution in [2.75, 3.05) is 11.8 Å². The number of carbonyl (C=O) groups is 1. The fourth-order valence-electron chi connectivity index (χ4n) is 2.41. The predicted molar refractivity (Wildman–Crippen MR) is 105 cm³/mol. The summed E-state index contributed by atoms with van der Waals surface area (Å²) in [5.41, 5.74) is 0.114. The lowest BCUT2D eigenvalue weighted by atomic mass is 10.1. The van der Waals surface area contributed by atoms with Gasteiger partial charge in [-0.15, -0.1) is 11.3 Å². The maximum absolute atomic E-state index is 14.2. The highest BCUT2D eigenvalue weighted by molar-refractivity contribution is 7.92. The minimum atomic E-state index is -4.47. The third kappa shape index (κ3) is 3.96. The first kappa shape index (κ1) is 20.1. The fraction of sp³-hybridized carbons (Fsp3) is 0.0556. The SMILES string of the molecule is COC(=O)c1cc(Cl)c(O)c(S(=O)(=O)Nc2cc(-c3cccs3)ccc2F)c1. The molecule has 0 aliphatic heterocycles. The van der Waals surface area contributed by atoms with Gasteiger partial charge < -0.3 is 9.84 Å². The molecule has 0 saturated heterocycles. The van der Waals surface area contributed by atoms with E-state index in [1.54, 1.807) is 0 Å². The number of anilines is 1. The molecule has 0 saturated carbocycles. The first-order chi connectivity index (χ1) is 13.2. The Balaban J connectivity index is 2.05. The number of esters is 1. The van der Waals surface area contributed by atoms with Crippen molar-refractivity contribution in [3.05, 3.63) is 64.2 Å². The molecule has 1 aromatic heterocycles. The van der Waals surface area contributed by atoms with Crippen LogP contribution in [-0.2, 0) is 14.8 Å². The molecule has 3 rings (SSSR count). The molecule has 2 N–H and O–H groups in total. The Labute approximate surface area is 169 Å². The summed E-state index contributed by atoms with van der Waals surface area (Å²) < 4.78 is 46.3. The quantitative estimate of drug-likeness (QED) is 0.568. The van der Waals surface area contributed by atoms with Gasteiger partial charge in [-0.2, -0.15) is 0 Å². The second-order valence-corrected chi connectivity index (χ2v) is 8.58. The normalized spacial score (nSPS) is 11.2. The molecule has 0 atom stereocenters. The summed E-state index contributed by atoms with van der Waals surface area (Å²) in [4.78, 5) is 11.8. The third-order valence-corrected chi connectivity index (χ3v) is 6.34. The number of ether oxygens (including phenoxy) is 1. The largest absolute Gasteiger partial charge is 0.505 e.